The lowest BCUT2D eigenvalue weighted by molar-refractivity contribution is -0.119. The van der Waals surface area contributed by atoms with Crippen molar-refractivity contribution in [3.8, 4) is 0 Å². The van der Waals surface area contributed by atoms with Gasteiger partial charge in [-0.05, 0) is 36.5 Å². The Balaban J connectivity index is 1.77. The van der Waals surface area contributed by atoms with Crippen molar-refractivity contribution in [2.24, 2.45) is 11.1 Å². The molecular formula is C19H18ClFN2O2. The summed E-state index contributed by atoms with van der Waals surface area (Å²) in [6.45, 7) is 0.449. The Morgan fingerprint density at radius 3 is 2.64 bits per heavy atom. The van der Waals surface area contributed by atoms with Gasteiger partial charge in [-0.3, -0.25) is 4.79 Å². The quantitative estimate of drug-likeness (QED) is 0.482. The van der Waals surface area contributed by atoms with Gasteiger partial charge in [-0.15, -0.1) is 0 Å². The van der Waals surface area contributed by atoms with Crippen LogP contribution in [0.25, 0.3) is 0 Å². The Bertz CT molecular complexity index is 756. The van der Waals surface area contributed by atoms with E-state index < -0.39 is 5.82 Å². The second kappa shape index (κ2) is 8.12. The Morgan fingerprint density at radius 1 is 1.20 bits per heavy atom. The van der Waals surface area contributed by atoms with Gasteiger partial charge < -0.3 is 10.2 Å². The first-order valence-electron chi connectivity index (χ1n) is 8.11. The van der Waals surface area contributed by atoms with E-state index in [-0.39, 0.29) is 28.7 Å². The third-order valence-electron chi connectivity index (χ3n) is 3.83. The van der Waals surface area contributed by atoms with Gasteiger partial charge >= 0.3 is 0 Å². The number of nitrogens with zero attached hydrogens (tertiary/aromatic N) is 1. The molecule has 2 aromatic rings. The van der Waals surface area contributed by atoms with Crippen LogP contribution in [0.15, 0.2) is 53.7 Å². The van der Waals surface area contributed by atoms with Gasteiger partial charge in [0, 0.05) is 0 Å². The fourth-order valence-electron chi connectivity index (χ4n) is 2.30. The van der Waals surface area contributed by atoms with Gasteiger partial charge in [-0.2, -0.15) is 0 Å². The van der Waals surface area contributed by atoms with E-state index in [2.05, 4.69) is 10.5 Å². The predicted molar refractivity (Wildman–Crippen MR) is 94.9 cm³/mol. The predicted octanol–water partition coefficient (Wildman–Crippen LogP) is 3.93. The van der Waals surface area contributed by atoms with Crippen LogP contribution in [-0.2, 0) is 16.1 Å². The third kappa shape index (κ3) is 5.03. The van der Waals surface area contributed by atoms with Crippen LogP contribution in [0.2, 0.25) is 5.02 Å². The molecule has 1 aliphatic carbocycles. The number of benzene rings is 2. The molecule has 25 heavy (non-hydrogen) atoms. The monoisotopic (exact) mass is 360 g/mol. The SMILES string of the molecule is O=C(Cc1ccccc1)NC(=NOCC1CC1)c1c(F)cccc1Cl. The molecule has 0 aliphatic heterocycles. The fourth-order valence-corrected chi connectivity index (χ4v) is 2.56. The van der Waals surface area contributed by atoms with E-state index in [9.17, 15) is 9.18 Å². The van der Waals surface area contributed by atoms with E-state index in [1.165, 1.54) is 12.1 Å². The lowest BCUT2D eigenvalue weighted by Crippen LogP contribution is -2.33. The number of rotatable bonds is 6. The Morgan fingerprint density at radius 2 is 1.96 bits per heavy atom. The second-order valence-corrected chi connectivity index (χ2v) is 6.39. The molecule has 1 amide bonds. The largest absolute Gasteiger partial charge is 0.394 e. The summed E-state index contributed by atoms with van der Waals surface area (Å²) in [5, 5.41) is 6.72. The summed E-state index contributed by atoms with van der Waals surface area (Å²) in [6, 6.07) is 13.6. The van der Waals surface area contributed by atoms with Crippen molar-refractivity contribution in [2.75, 3.05) is 6.61 Å². The summed E-state index contributed by atoms with van der Waals surface area (Å²) in [6.07, 6.45) is 2.35. The number of amidine groups is 1. The maximum Gasteiger partial charge on any atom is 0.230 e. The van der Waals surface area contributed by atoms with Gasteiger partial charge in [0.2, 0.25) is 5.91 Å². The Hall–Kier alpha value is -2.40. The van der Waals surface area contributed by atoms with Crippen molar-refractivity contribution in [1.29, 1.82) is 0 Å². The Labute approximate surface area is 150 Å². The zero-order chi connectivity index (χ0) is 17.6. The highest BCUT2D eigenvalue weighted by atomic mass is 35.5. The van der Waals surface area contributed by atoms with E-state index in [4.69, 9.17) is 16.4 Å². The van der Waals surface area contributed by atoms with Crippen LogP contribution in [0.3, 0.4) is 0 Å². The maximum absolute atomic E-state index is 14.2. The van der Waals surface area contributed by atoms with E-state index in [1.54, 1.807) is 6.07 Å². The van der Waals surface area contributed by atoms with Crippen molar-refractivity contribution >= 4 is 23.3 Å². The second-order valence-electron chi connectivity index (χ2n) is 5.99. The van der Waals surface area contributed by atoms with Crippen molar-refractivity contribution < 1.29 is 14.0 Å². The van der Waals surface area contributed by atoms with E-state index in [0.717, 1.165) is 18.4 Å². The molecule has 0 aromatic heterocycles. The highest BCUT2D eigenvalue weighted by Gasteiger charge is 2.23. The van der Waals surface area contributed by atoms with Gasteiger partial charge in [0.25, 0.3) is 0 Å². The fraction of sp³-hybridized carbons (Fsp3) is 0.263. The molecule has 1 fully saturated rings. The highest BCUT2D eigenvalue weighted by molar-refractivity contribution is 6.34. The van der Waals surface area contributed by atoms with E-state index >= 15 is 0 Å². The average Bonchev–Trinajstić information content (AvgIpc) is 3.39. The number of carbonyl (C=O) groups is 1. The van der Waals surface area contributed by atoms with Crippen LogP contribution in [0.4, 0.5) is 4.39 Å². The first kappa shape index (κ1) is 17.4. The van der Waals surface area contributed by atoms with Gasteiger partial charge in [0.15, 0.2) is 5.84 Å². The van der Waals surface area contributed by atoms with Crippen molar-refractivity contribution in [1.82, 2.24) is 5.32 Å². The van der Waals surface area contributed by atoms with Gasteiger partial charge in [0.1, 0.15) is 12.4 Å². The van der Waals surface area contributed by atoms with E-state index in [1.807, 2.05) is 30.3 Å². The minimum Gasteiger partial charge on any atom is -0.394 e. The number of halogens is 2. The summed E-state index contributed by atoms with van der Waals surface area (Å²) in [5.74, 6) is -0.411. The number of hydrogen-bond donors (Lipinski definition) is 1. The molecule has 1 saturated carbocycles. The summed E-state index contributed by atoms with van der Waals surface area (Å²) in [5.41, 5.74) is 0.874. The van der Waals surface area contributed by atoms with Crippen LogP contribution < -0.4 is 5.32 Å². The molecule has 0 radical (unpaired) electrons. The molecule has 0 atom stereocenters. The lowest BCUT2D eigenvalue weighted by atomic mass is 10.1. The highest BCUT2D eigenvalue weighted by Crippen LogP contribution is 2.29. The number of oxime groups is 1. The van der Waals surface area contributed by atoms with Crippen molar-refractivity contribution in [2.45, 2.75) is 19.3 Å². The molecular weight excluding hydrogens is 343 g/mol. The van der Waals surface area contributed by atoms with Crippen LogP contribution in [-0.4, -0.2) is 18.3 Å². The van der Waals surface area contributed by atoms with Gasteiger partial charge in [0.05, 0.1) is 17.0 Å². The zero-order valence-corrected chi connectivity index (χ0v) is 14.3. The molecule has 0 bridgehead atoms. The van der Waals surface area contributed by atoms with Crippen LogP contribution in [0.5, 0.6) is 0 Å². The molecule has 6 heteroatoms. The molecule has 130 valence electrons. The molecule has 3 rings (SSSR count). The maximum atomic E-state index is 14.2. The van der Waals surface area contributed by atoms with Crippen LogP contribution in [0.1, 0.15) is 24.0 Å². The Kier molecular flexibility index (Phi) is 5.66. The average molecular weight is 361 g/mol. The first-order valence-corrected chi connectivity index (χ1v) is 8.49. The smallest absolute Gasteiger partial charge is 0.230 e. The van der Waals surface area contributed by atoms with Gasteiger partial charge in [-0.25, -0.2) is 4.39 Å². The van der Waals surface area contributed by atoms with Crippen LogP contribution in [0, 0.1) is 11.7 Å². The summed E-state index contributed by atoms with van der Waals surface area (Å²) in [7, 11) is 0. The van der Waals surface area contributed by atoms with Gasteiger partial charge in [-0.1, -0.05) is 53.2 Å². The summed E-state index contributed by atoms with van der Waals surface area (Å²) >= 11 is 6.09. The minimum atomic E-state index is -0.568. The summed E-state index contributed by atoms with van der Waals surface area (Å²) < 4.78 is 14.2. The van der Waals surface area contributed by atoms with Crippen molar-refractivity contribution in [3.63, 3.8) is 0 Å². The molecule has 0 spiro atoms. The third-order valence-corrected chi connectivity index (χ3v) is 4.14. The van der Waals surface area contributed by atoms with E-state index in [0.29, 0.717) is 12.5 Å². The number of carbonyl (C=O) groups excluding carboxylic acids is 1. The number of amides is 1. The molecule has 0 saturated heterocycles. The minimum absolute atomic E-state index is 0.00955. The molecule has 1 N–H and O–H groups in total. The summed E-state index contributed by atoms with van der Waals surface area (Å²) in [4.78, 5) is 17.6. The van der Waals surface area contributed by atoms with Crippen LogP contribution >= 0.6 is 11.6 Å². The topological polar surface area (TPSA) is 50.7 Å². The molecule has 0 unspecified atom stereocenters. The lowest BCUT2D eigenvalue weighted by Gasteiger charge is -2.11. The number of hydrogen-bond acceptors (Lipinski definition) is 3. The molecule has 4 nitrogen and oxygen atoms in total. The molecule has 0 heterocycles. The zero-order valence-electron chi connectivity index (χ0n) is 13.5. The number of nitrogens with one attached hydrogen (secondary N) is 1. The first-order chi connectivity index (χ1) is 12.1. The standard InChI is InChI=1S/C19H18ClFN2O2/c20-15-7-4-8-16(21)18(15)19(23-25-12-14-9-10-14)22-17(24)11-13-5-2-1-3-6-13/h1-8,14H,9-12H2,(H,22,23,24). The molecule has 2 aromatic carbocycles. The van der Waals surface area contributed by atoms with Crippen molar-refractivity contribution in [3.05, 3.63) is 70.5 Å². The normalized spacial score (nSPS) is 14.2. The molecule has 1 aliphatic rings.